The van der Waals surface area contributed by atoms with Crippen molar-refractivity contribution in [3.05, 3.63) is 70.2 Å². The van der Waals surface area contributed by atoms with Crippen LogP contribution in [0.4, 0.5) is 0 Å². The molecule has 0 aromatic heterocycles. The van der Waals surface area contributed by atoms with Crippen LogP contribution >= 0.6 is 15.9 Å². The second-order valence-electron chi connectivity index (χ2n) is 5.88. The van der Waals surface area contributed by atoms with Gasteiger partial charge in [-0.3, -0.25) is 9.59 Å². The minimum Gasteiger partial charge on any atom is -0.459 e. The smallest absolute Gasteiger partial charge is 0.325 e. The normalized spacial score (nSPS) is 17.1. The molecule has 4 nitrogen and oxygen atoms in total. The topological polar surface area (TPSA) is 46.6 Å². The Hall–Kier alpha value is -2.14. The molecule has 2 aromatic carbocycles. The predicted octanol–water partition coefficient (Wildman–Crippen LogP) is 3.51. The number of carbonyl (C=O) groups is 2. The van der Waals surface area contributed by atoms with Gasteiger partial charge in [-0.1, -0.05) is 58.4 Å². The Morgan fingerprint density at radius 3 is 2.71 bits per heavy atom. The monoisotopic (exact) mass is 387 g/mol. The van der Waals surface area contributed by atoms with Crippen molar-refractivity contribution in [3.63, 3.8) is 0 Å². The summed E-state index contributed by atoms with van der Waals surface area (Å²) < 4.78 is 6.22. The molecular formula is C19H18BrNO3. The van der Waals surface area contributed by atoms with Gasteiger partial charge in [-0.15, -0.1) is 0 Å². The van der Waals surface area contributed by atoms with Crippen molar-refractivity contribution >= 4 is 27.8 Å². The molecule has 3 rings (SSSR count). The molecule has 0 unspecified atom stereocenters. The van der Waals surface area contributed by atoms with Crippen molar-refractivity contribution in [2.24, 2.45) is 0 Å². The van der Waals surface area contributed by atoms with Gasteiger partial charge in [-0.05, 0) is 23.3 Å². The molecule has 1 heterocycles. The lowest BCUT2D eigenvalue weighted by Gasteiger charge is -2.16. The average Bonchev–Trinajstić information content (AvgIpc) is 2.95. The fourth-order valence-corrected chi connectivity index (χ4v) is 3.31. The van der Waals surface area contributed by atoms with Gasteiger partial charge in [-0.2, -0.15) is 0 Å². The van der Waals surface area contributed by atoms with Crippen molar-refractivity contribution in [2.45, 2.75) is 18.9 Å². The van der Waals surface area contributed by atoms with E-state index in [1.807, 2.05) is 54.6 Å². The van der Waals surface area contributed by atoms with Gasteiger partial charge in [0.05, 0.1) is 0 Å². The van der Waals surface area contributed by atoms with Crippen molar-refractivity contribution in [3.8, 4) is 0 Å². The van der Waals surface area contributed by atoms with E-state index in [2.05, 4.69) is 15.9 Å². The summed E-state index contributed by atoms with van der Waals surface area (Å²) in [6.07, 6.45) is 0.447. The van der Waals surface area contributed by atoms with Crippen LogP contribution in [0, 0.1) is 0 Å². The molecule has 0 aliphatic carbocycles. The van der Waals surface area contributed by atoms with E-state index >= 15 is 0 Å². The Bertz CT molecular complexity index is 732. The number of carbonyl (C=O) groups excluding carboxylic acids is 2. The van der Waals surface area contributed by atoms with Crippen LogP contribution in [0.15, 0.2) is 59.1 Å². The summed E-state index contributed by atoms with van der Waals surface area (Å²) >= 11 is 3.38. The lowest BCUT2D eigenvalue weighted by Crippen LogP contribution is -2.32. The third kappa shape index (κ3) is 4.23. The fourth-order valence-electron chi connectivity index (χ4n) is 2.87. The van der Waals surface area contributed by atoms with E-state index in [4.69, 9.17) is 4.74 Å². The molecule has 5 heteroatoms. The Kier molecular flexibility index (Phi) is 5.30. The third-order valence-corrected chi connectivity index (χ3v) is 4.59. The lowest BCUT2D eigenvalue weighted by molar-refractivity contribution is -0.149. The van der Waals surface area contributed by atoms with Crippen LogP contribution in [-0.2, 0) is 20.9 Å². The lowest BCUT2D eigenvalue weighted by atomic mass is 9.99. The van der Waals surface area contributed by atoms with Gasteiger partial charge in [-0.25, -0.2) is 0 Å². The first-order valence-electron chi connectivity index (χ1n) is 7.84. The van der Waals surface area contributed by atoms with E-state index in [1.54, 1.807) is 4.90 Å². The van der Waals surface area contributed by atoms with E-state index < -0.39 is 0 Å². The Labute approximate surface area is 149 Å². The molecule has 124 valence electrons. The number of hydrogen-bond donors (Lipinski definition) is 0. The van der Waals surface area contributed by atoms with Crippen molar-refractivity contribution in [1.82, 2.24) is 4.90 Å². The molecule has 0 saturated carbocycles. The highest BCUT2D eigenvalue weighted by molar-refractivity contribution is 9.10. The maximum atomic E-state index is 12.1. The largest absolute Gasteiger partial charge is 0.459 e. The van der Waals surface area contributed by atoms with E-state index in [9.17, 15) is 9.59 Å². The second-order valence-corrected chi connectivity index (χ2v) is 6.79. The summed E-state index contributed by atoms with van der Waals surface area (Å²) in [7, 11) is 0. The van der Waals surface area contributed by atoms with Gasteiger partial charge < -0.3 is 9.64 Å². The van der Waals surface area contributed by atoms with Crippen molar-refractivity contribution in [1.29, 1.82) is 0 Å². The van der Waals surface area contributed by atoms with Crippen LogP contribution in [-0.4, -0.2) is 29.9 Å². The zero-order valence-corrected chi connectivity index (χ0v) is 14.7. The zero-order valence-electron chi connectivity index (χ0n) is 13.2. The Balaban J connectivity index is 1.52. The number of nitrogens with zero attached hydrogens (tertiary/aromatic N) is 1. The summed E-state index contributed by atoms with van der Waals surface area (Å²) in [5, 5.41) is 0. The molecular weight excluding hydrogens is 370 g/mol. The first-order chi connectivity index (χ1) is 11.6. The Morgan fingerprint density at radius 1 is 1.17 bits per heavy atom. The first kappa shape index (κ1) is 16.7. The number of likely N-dealkylation sites (tertiary alicyclic amines) is 1. The van der Waals surface area contributed by atoms with E-state index in [0.717, 1.165) is 15.6 Å². The van der Waals surface area contributed by atoms with Crippen molar-refractivity contribution in [2.75, 3.05) is 13.1 Å². The van der Waals surface area contributed by atoms with Crippen LogP contribution < -0.4 is 0 Å². The van der Waals surface area contributed by atoms with Crippen molar-refractivity contribution < 1.29 is 14.3 Å². The van der Waals surface area contributed by atoms with Crippen LogP contribution in [0.3, 0.4) is 0 Å². The molecule has 0 bridgehead atoms. The number of benzene rings is 2. The number of halogens is 1. The molecule has 1 atom stereocenters. The molecule has 1 saturated heterocycles. The highest BCUT2D eigenvalue weighted by atomic mass is 79.9. The standard InChI is InChI=1S/C19H18BrNO3/c20-17-8-4-5-14(9-17)13-24-19(23)12-21-11-16(10-18(21)22)15-6-2-1-3-7-15/h1-9,16H,10-13H2/t16-/m0/s1. The molecule has 1 amide bonds. The molecule has 24 heavy (non-hydrogen) atoms. The SMILES string of the molecule is O=C(CN1C[C@@H](c2ccccc2)CC1=O)OCc1cccc(Br)c1. The predicted molar refractivity (Wildman–Crippen MR) is 94.3 cm³/mol. The molecule has 0 spiro atoms. The summed E-state index contributed by atoms with van der Waals surface area (Å²) in [5.74, 6) is -0.225. The van der Waals surface area contributed by atoms with E-state index in [-0.39, 0.29) is 30.9 Å². The molecule has 1 aliphatic heterocycles. The number of ether oxygens (including phenoxy) is 1. The maximum absolute atomic E-state index is 12.1. The molecule has 1 aliphatic rings. The number of amides is 1. The zero-order chi connectivity index (χ0) is 16.9. The third-order valence-electron chi connectivity index (χ3n) is 4.09. The maximum Gasteiger partial charge on any atom is 0.325 e. The van der Waals surface area contributed by atoms with Gasteiger partial charge in [0.25, 0.3) is 0 Å². The molecule has 0 radical (unpaired) electrons. The quantitative estimate of drug-likeness (QED) is 0.737. The van der Waals surface area contributed by atoms with E-state index in [0.29, 0.717) is 13.0 Å². The van der Waals surface area contributed by atoms with Gasteiger partial charge >= 0.3 is 5.97 Å². The fraction of sp³-hybridized carbons (Fsp3) is 0.263. The second kappa shape index (κ2) is 7.62. The van der Waals surface area contributed by atoms with Gasteiger partial charge in [0.2, 0.25) is 5.91 Å². The summed E-state index contributed by atoms with van der Waals surface area (Å²) in [5.41, 5.74) is 2.04. The molecule has 2 aromatic rings. The number of rotatable bonds is 5. The summed E-state index contributed by atoms with van der Waals surface area (Å²) in [6, 6.07) is 17.5. The van der Waals surface area contributed by atoms with Gasteiger partial charge in [0.1, 0.15) is 13.2 Å². The van der Waals surface area contributed by atoms with Gasteiger partial charge in [0.15, 0.2) is 0 Å². The molecule has 0 N–H and O–H groups in total. The summed E-state index contributed by atoms with van der Waals surface area (Å²) in [4.78, 5) is 25.7. The Morgan fingerprint density at radius 2 is 1.96 bits per heavy atom. The van der Waals surface area contributed by atoms with Crippen LogP contribution in [0.1, 0.15) is 23.5 Å². The van der Waals surface area contributed by atoms with Gasteiger partial charge in [0, 0.05) is 23.4 Å². The van der Waals surface area contributed by atoms with Crippen LogP contribution in [0.2, 0.25) is 0 Å². The van der Waals surface area contributed by atoms with E-state index in [1.165, 1.54) is 0 Å². The minimum atomic E-state index is -0.378. The molecule has 1 fully saturated rings. The minimum absolute atomic E-state index is 0.00302. The summed E-state index contributed by atoms with van der Waals surface area (Å²) in [6.45, 7) is 0.785. The average molecular weight is 388 g/mol. The number of esters is 1. The van der Waals surface area contributed by atoms with Crippen LogP contribution in [0.25, 0.3) is 0 Å². The highest BCUT2D eigenvalue weighted by Crippen LogP contribution is 2.27. The highest BCUT2D eigenvalue weighted by Gasteiger charge is 2.31. The number of hydrogen-bond acceptors (Lipinski definition) is 3. The van der Waals surface area contributed by atoms with Crippen LogP contribution in [0.5, 0.6) is 0 Å². The first-order valence-corrected chi connectivity index (χ1v) is 8.64.